The summed E-state index contributed by atoms with van der Waals surface area (Å²) in [4.78, 5) is 39.5. The molecule has 0 atom stereocenters. The molecule has 0 aromatic heterocycles. The number of ether oxygens (including phenoxy) is 1. The Labute approximate surface area is 228 Å². The number of benzene rings is 2. The van der Waals surface area contributed by atoms with Crippen LogP contribution in [-0.2, 0) is 14.4 Å². The molecule has 2 aliphatic carbocycles. The summed E-state index contributed by atoms with van der Waals surface area (Å²) in [6, 6.07) is 14.4. The number of halogens is 1. The molecule has 2 aromatic rings. The summed E-state index contributed by atoms with van der Waals surface area (Å²) < 4.78 is 5.83. The lowest BCUT2D eigenvalue weighted by atomic mass is 9.64. The highest BCUT2D eigenvalue weighted by atomic mass is 35.5. The zero-order valence-electron chi connectivity index (χ0n) is 22.2. The molecule has 3 aliphatic rings. The van der Waals surface area contributed by atoms with E-state index in [9.17, 15) is 14.4 Å². The van der Waals surface area contributed by atoms with Crippen molar-refractivity contribution in [1.82, 2.24) is 5.32 Å². The number of ketones is 2. The Morgan fingerprint density at radius 1 is 0.921 bits per heavy atom. The molecule has 5 rings (SSSR count). The van der Waals surface area contributed by atoms with Crippen molar-refractivity contribution in [1.29, 1.82) is 0 Å². The molecule has 198 valence electrons. The van der Waals surface area contributed by atoms with E-state index in [1.165, 1.54) is 0 Å². The second-order valence-electron chi connectivity index (χ2n) is 12.1. The Balaban J connectivity index is 1.45. The predicted octanol–water partition coefficient (Wildman–Crippen LogP) is 6.33. The van der Waals surface area contributed by atoms with Gasteiger partial charge in [-0.25, -0.2) is 0 Å². The van der Waals surface area contributed by atoms with Gasteiger partial charge in [0.2, 0.25) is 0 Å². The summed E-state index contributed by atoms with van der Waals surface area (Å²) in [6.45, 7) is 8.21. The first-order chi connectivity index (χ1) is 17.9. The third-order valence-corrected chi connectivity index (χ3v) is 7.76. The lowest BCUT2D eigenvalue weighted by Crippen LogP contribution is -2.42. The van der Waals surface area contributed by atoms with E-state index in [1.807, 2.05) is 18.2 Å². The second kappa shape index (κ2) is 9.73. The van der Waals surface area contributed by atoms with Gasteiger partial charge in [-0.1, -0.05) is 63.6 Å². The molecular formula is C31H33ClN2O4. The van der Waals surface area contributed by atoms with Crippen molar-refractivity contribution in [3.05, 3.63) is 81.7 Å². The molecule has 38 heavy (non-hydrogen) atoms. The lowest BCUT2D eigenvalue weighted by molar-refractivity contribution is -0.119. The van der Waals surface area contributed by atoms with Crippen LogP contribution in [0.5, 0.6) is 5.75 Å². The Hall–Kier alpha value is -3.38. The first-order valence-corrected chi connectivity index (χ1v) is 13.4. The maximum Gasteiger partial charge on any atom is 0.262 e. The number of carbonyl (C=O) groups is 3. The van der Waals surface area contributed by atoms with E-state index < -0.39 is 5.92 Å². The number of hydrogen-bond donors (Lipinski definition) is 2. The van der Waals surface area contributed by atoms with Crippen molar-refractivity contribution in [2.45, 2.75) is 59.3 Å². The van der Waals surface area contributed by atoms with Crippen LogP contribution >= 0.6 is 11.6 Å². The first kappa shape index (κ1) is 26.2. The maximum absolute atomic E-state index is 13.5. The fourth-order valence-corrected chi connectivity index (χ4v) is 6.09. The van der Waals surface area contributed by atoms with Crippen LogP contribution in [0, 0.1) is 10.8 Å². The molecule has 0 saturated carbocycles. The average molecular weight is 533 g/mol. The minimum atomic E-state index is -0.450. The van der Waals surface area contributed by atoms with Gasteiger partial charge in [0.15, 0.2) is 18.2 Å². The van der Waals surface area contributed by atoms with Crippen molar-refractivity contribution in [2.24, 2.45) is 10.8 Å². The van der Waals surface area contributed by atoms with Gasteiger partial charge in [0, 0.05) is 41.3 Å². The van der Waals surface area contributed by atoms with E-state index in [0.29, 0.717) is 40.4 Å². The number of amides is 1. The molecule has 7 heteroatoms. The molecule has 1 heterocycles. The van der Waals surface area contributed by atoms with Crippen LogP contribution in [0.15, 0.2) is 71.1 Å². The normalized spacial score (nSPS) is 20.4. The number of Topliss-reactive ketones (excluding diaryl/α,β-unsaturated/α-hetero) is 2. The second-order valence-corrected chi connectivity index (χ2v) is 12.5. The average Bonchev–Trinajstić information content (AvgIpc) is 2.81. The molecule has 0 radical (unpaired) electrons. The molecule has 2 N–H and O–H groups in total. The lowest BCUT2D eigenvalue weighted by Gasteiger charge is -2.44. The van der Waals surface area contributed by atoms with E-state index in [2.05, 4.69) is 38.3 Å². The summed E-state index contributed by atoms with van der Waals surface area (Å²) in [5.41, 5.74) is 4.24. The molecule has 0 fully saturated rings. The zero-order valence-corrected chi connectivity index (χ0v) is 23.0. The molecule has 6 nitrogen and oxygen atoms in total. The van der Waals surface area contributed by atoms with Gasteiger partial charge in [0.25, 0.3) is 5.91 Å². The maximum atomic E-state index is 13.5. The van der Waals surface area contributed by atoms with Crippen LogP contribution < -0.4 is 15.4 Å². The van der Waals surface area contributed by atoms with E-state index in [1.54, 1.807) is 30.3 Å². The smallest absolute Gasteiger partial charge is 0.262 e. The Bertz CT molecular complexity index is 1350. The van der Waals surface area contributed by atoms with Gasteiger partial charge in [-0.3, -0.25) is 14.4 Å². The summed E-state index contributed by atoms with van der Waals surface area (Å²) >= 11 is 6.14. The van der Waals surface area contributed by atoms with E-state index >= 15 is 0 Å². The third-order valence-electron chi connectivity index (χ3n) is 7.43. The predicted molar refractivity (Wildman–Crippen MR) is 148 cm³/mol. The molecular weight excluding hydrogens is 500 g/mol. The highest BCUT2D eigenvalue weighted by Gasteiger charge is 2.46. The quantitative estimate of drug-likeness (QED) is 0.470. The molecule has 1 amide bonds. The van der Waals surface area contributed by atoms with Gasteiger partial charge in [0.05, 0.1) is 10.7 Å². The summed E-state index contributed by atoms with van der Waals surface area (Å²) in [5.74, 6) is -0.151. The standard InChI is InChI=1S/C31H33ClN2O4/c1-30(2)13-22-28(24(35)15-30)27(29-23(33-22)14-31(3,4)16-25(29)36)18-8-7-9-19(12-18)38-17-26(37)34-21-11-6-5-10-20(21)32/h5-12,27,33H,13-17H2,1-4H3,(H,34,37). The van der Waals surface area contributed by atoms with E-state index in [4.69, 9.17) is 16.3 Å². The van der Waals surface area contributed by atoms with E-state index in [-0.39, 0.29) is 34.9 Å². The Morgan fingerprint density at radius 3 is 2.13 bits per heavy atom. The molecule has 0 saturated heterocycles. The molecule has 0 spiro atoms. The fraction of sp³-hybridized carbons (Fsp3) is 0.387. The summed E-state index contributed by atoms with van der Waals surface area (Å²) in [5, 5.41) is 6.73. The van der Waals surface area contributed by atoms with Crippen LogP contribution in [0.4, 0.5) is 5.69 Å². The molecule has 2 aromatic carbocycles. The topological polar surface area (TPSA) is 84.5 Å². The number of carbonyl (C=O) groups excluding carboxylic acids is 3. The highest BCUT2D eigenvalue weighted by Crippen LogP contribution is 2.51. The number of nitrogens with one attached hydrogen (secondary N) is 2. The molecule has 1 aliphatic heterocycles. The number of anilines is 1. The monoisotopic (exact) mass is 532 g/mol. The van der Waals surface area contributed by atoms with Gasteiger partial charge in [0.1, 0.15) is 5.75 Å². The number of allylic oxidation sites excluding steroid dienone is 4. The van der Waals surface area contributed by atoms with Crippen LogP contribution in [0.2, 0.25) is 5.02 Å². The highest BCUT2D eigenvalue weighted by molar-refractivity contribution is 6.33. The van der Waals surface area contributed by atoms with Crippen molar-refractivity contribution >= 4 is 34.8 Å². The van der Waals surface area contributed by atoms with Crippen LogP contribution in [0.3, 0.4) is 0 Å². The van der Waals surface area contributed by atoms with Gasteiger partial charge in [-0.15, -0.1) is 0 Å². The first-order valence-electron chi connectivity index (χ1n) is 13.0. The van der Waals surface area contributed by atoms with Crippen LogP contribution in [-0.4, -0.2) is 24.1 Å². The van der Waals surface area contributed by atoms with Crippen molar-refractivity contribution in [3.63, 3.8) is 0 Å². The summed E-state index contributed by atoms with van der Waals surface area (Å²) in [7, 11) is 0. The van der Waals surface area contributed by atoms with Gasteiger partial charge < -0.3 is 15.4 Å². The fourth-order valence-electron chi connectivity index (χ4n) is 5.90. The Morgan fingerprint density at radius 2 is 1.53 bits per heavy atom. The third kappa shape index (κ3) is 5.28. The van der Waals surface area contributed by atoms with Gasteiger partial charge in [-0.2, -0.15) is 0 Å². The number of dihydropyridines is 1. The minimum Gasteiger partial charge on any atom is -0.484 e. The molecule has 0 unspecified atom stereocenters. The number of hydrogen-bond acceptors (Lipinski definition) is 5. The van der Waals surface area contributed by atoms with Crippen molar-refractivity contribution in [2.75, 3.05) is 11.9 Å². The van der Waals surface area contributed by atoms with E-state index in [0.717, 1.165) is 29.8 Å². The van der Waals surface area contributed by atoms with Crippen LogP contribution in [0.1, 0.15) is 64.9 Å². The Kier molecular flexibility index (Phi) is 6.72. The summed E-state index contributed by atoms with van der Waals surface area (Å²) in [6.07, 6.45) is 2.36. The van der Waals surface area contributed by atoms with Crippen molar-refractivity contribution in [3.8, 4) is 5.75 Å². The SMILES string of the molecule is CC1(C)CC(=O)C2=C(C1)NC1=C(C(=O)CC(C)(C)C1)C2c1cccc(OCC(=O)Nc2ccccc2Cl)c1. The number of para-hydroxylation sites is 1. The zero-order chi connectivity index (χ0) is 27.2. The van der Waals surface area contributed by atoms with Crippen molar-refractivity contribution < 1.29 is 19.1 Å². The minimum absolute atomic E-state index is 0.0726. The molecule has 0 bridgehead atoms. The van der Waals surface area contributed by atoms with Gasteiger partial charge in [-0.05, 0) is 53.5 Å². The number of rotatable bonds is 5. The largest absolute Gasteiger partial charge is 0.484 e. The van der Waals surface area contributed by atoms with Crippen LogP contribution in [0.25, 0.3) is 0 Å². The van der Waals surface area contributed by atoms with Gasteiger partial charge >= 0.3 is 0 Å².